The Kier molecular flexibility index (Phi) is 5.57. The summed E-state index contributed by atoms with van der Waals surface area (Å²) in [6.07, 6.45) is 5.18. The molecule has 1 atom stereocenters. The molecule has 1 aliphatic heterocycles. The van der Waals surface area contributed by atoms with Crippen LogP contribution in [0.4, 0.5) is 0 Å². The van der Waals surface area contributed by atoms with Gasteiger partial charge in [0.15, 0.2) is 0 Å². The van der Waals surface area contributed by atoms with Crippen molar-refractivity contribution in [1.29, 1.82) is 0 Å². The Balaban J connectivity index is 1.31. The predicted molar refractivity (Wildman–Crippen MR) is 105 cm³/mol. The number of aromatic nitrogens is 4. The molecule has 1 amide bonds. The van der Waals surface area contributed by atoms with E-state index in [2.05, 4.69) is 20.0 Å². The van der Waals surface area contributed by atoms with Gasteiger partial charge in [-0.15, -0.1) is 0 Å². The standard InChI is InChI=1S/C20H24N6O3/c1-15(26-8-7-21-14-26)20(27)25-11-9-24(10-12-25)13-18-22-19(23-29-18)16-3-5-17(28-2)6-4-16/h3-8,14-15H,9-13H2,1-2H3/t15-/m0/s1. The van der Waals surface area contributed by atoms with E-state index in [1.54, 1.807) is 19.6 Å². The molecular formula is C20H24N6O3. The summed E-state index contributed by atoms with van der Waals surface area (Å²) in [6.45, 7) is 5.36. The molecule has 9 nitrogen and oxygen atoms in total. The van der Waals surface area contributed by atoms with E-state index in [-0.39, 0.29) is 11.9 Å². The number of imidazole rings is 1. The van der Waals surface area contributed by atoms with Gasteiger partial charge in [-0.3, -0.25) is 9.69 Å². The highest BCUT2D eigenvalue weighted by atomic mass is 16.5. The maximum absolute atomic E-state index is 12.7. The van der Waals surface area contributed by atoms with Crippen molar-refractivity contribution < 1.29 is 14.1 Å². The molecule has 3 aromatic rings. The topological polar surface area (TPSA) is 89.5 Å². The molecule has 1 saturated heterocycles. The number of amides is 1. The Morgan fingerprint density at radius 2 is 1.97 bits per heavy atom. The maximum atomic E-state index is 12.7. The Morgan fingerprint density at radius 1 is 1.21 bits per heavy atom. The van der Waals surface area contributed by atoms with Gasteiger partial charge >= 0.3 is 0 Å². The monoisotopic (exact) mass is 396 g/mol. The molecule has 1 aromatic carbocycles. The van der Waals surface area contributed by atoms with Gasteiger partial charge in [0.2, 0.25) is 17.6 Å². The first-order chi connectivity index (χ1) is 14.1. The van der Waals surface area contributed by atoms with Crippen molar-refractivity contribution in [1.82, 2.24) is 29.5 Å². The third-order valence-electron chi connectivity index (χ3n) is 5.19. The largest absolute Gasteiger partial charge is 0.497 e. The van der Waals surface area contributed by atoms with Crippen LogP contribution in [0.1, 0.15) is 18.9 Å². The lowest BCUT2D eigenvalue weighted by Crippen LogP contribution is -2.49. The molecule has 0 bridgehead atoms. The zero-order chi connectivity index (χ0) is 20.2. The van der Waals surface area contributed by atoms with Gasteiger partial charge in [0.1, 0.15) is 11.8 Å². The zero-order valence-electron chi connectivity index (χ0n) is 16.6. The molecule has 9 heteroatoms. The van der Waals surface area contributed by atoms with E-state index in [0.29, 0.717) is 31.3 Å². The van der Waals surface area contributed by atoms with E-state index in [9.17, 15) is 4.79 Å². The van der Waals surface area contributed by atoms with Crippen molar-refractivity contribution in [2.45, 2.75) is 19.5 Å². The number of methoxy groups -OCH3 is 1. The van der Waals surface area contributed by atoms with Crippen LogP contribution >= 0.6 is 0 Å². The Bertz CT molecular complexity index is 930. The second-order valence-corrected chi connectivity index (χ2v) is 7.03. The molecule has 152 valence electrons. The van der Waals surface area contributed by atoms with Crippen LogP contribution in [0.5, 0.6) is 5.75 Å². The average molecular weight is 396 g/mol. The normalized spacial score (nSPS) is 16.0. The van der Waals surface area contributed by atoms with Gasteiger partial charge in [0.05, 0.1) is 20.0 Å². The molecule has 3 heterocycles. The highest BCUT2D eigenvalue weighted by molar-refractivity contribution is 5.80. The van der Waals surface area contributed by atoms with E-state index < -0.39 is 0 Å². The van der Waals surface area contributed by atoms with Crippen LogP contribution in [0.25, 0.3) is 11.4 Å². The lowest BCUT2D eigenvalue weighted by atomic mass is 10.2. The van der Waals surface area contributed by atoms with E-state index >= 15 is 0 Å². The fourth-order valence-corrected chi connectivity index (χ4v) is 3.38. The molecule has 0 aliphatic carbocycles. The Labute approximate surface area is 168 Å². The summed E-state index contributed by atoms with van der Waals surface area (Å²) in [7, 11) is 1.63. The van der Waals surface area contributed by atoms with Crippen molar-refractivity contribution in [3.05, 3.63) is 48.9 Å². The SMILES string of the molecule is COc1ccc(-c2noc(CN3CCN(C(=O)[C@H](C)n4ccnc4)CC3)n2)cc1. The first-order valence-electron chi connectivity index (χ1n) is 9.59. The van der Waals surface area contributed by atoms with Gasteiger partial charge in [-0.1, -0.05) is 5.16 Å². The van der Waals surface area contributed by atoms with E-state index in [1.807, 2.05) is 46.9 Å². The van der Waals surface area contributed by atoms with E-state index in [4.69, 9.17) is 9.26 Å². The van der Waals surface area contributed by atoms with Crippen LogP contribution < -0.4 is 4.74 Å². The van der Waals surface area contributed by atoms with Crippen molar-refractivity contribution in [2.24, 2.45) is 0 Å². The third kappa shape index (κ3) is 4.29. The van der Waals surface area contributed by atoms with Crippen LogP contribution in [0.3, 0.4) is 0 Å². The van der Waals surface area contributed by atoms with Crippen LogP contribution in [0.15, 0.2) is 47.5 Å². The molecular weight excluding hydrogens is 372 g/mol. The van der Waals surface area contributed by atoms with Gasteiger partial charge in [-0.2, -0.15) is 4.98 Å². The zero-order valence-corrected chi connectivity index (χ0v) is 16.6. The fraction of sp³-hybridized carbons (Fsp3) is 0.400. The highest BCUT2D eigenvalue weighted by Crippen LogP contribution is 2.20. The van der Waals surface area contributed by atoms with Gasteiger partial charge in [0, 0.05) is 44.1 Å². The quantitative estimate of drug-likeness (QED) is 0.628. The van der Waals surface area contributed by atoms with E-state index in [1.165, 1.54) is 0 Å². The van der Waals surface area contributed by atoms with Crippen LogP contribution in [-0.2, 0) is 11.3 Å². The smallest absolute Gasteiger partial charge is 0.245 e. The summed E-state index contributed by atoms with van der Waals surface area (Å²) in [5.41, 5.74) is 0.879. The Hall–Kier alpha value is -3.20. The minimum absolute atomic E-state index is 0.113. The number of nitrogens with zero attached hydrogens (tertiary/aromatic N) is 6. The number of piperazine rings is 1. The number of benzene rings is 1. The summed E-state index contributed by atoms with van der Waals surface area (Å²) in [5, 5.41) is 4.08. The first-order valence-corrected chi connectivity index (χ1v) is 9.59. The highest BCUT2D eigenvalue weighted by Gasteiger charge is 2.26. The first kappa shape index (κ1) is 19.1. The molecule has 1 fully saturated rings. The predicted octanol–water partition coefficient (Wildman–Crippen LogP) is 1.85. The van der Waals surface area contributed by atoms with Crippen molar-refractivity contribution >= 4 is 5.91 Å². The molecule has 1 aliphatic rings. The molecule has 2 aromatic heterocycles. The molecule has 0 N–H and O–H groups in total. The minimum atomic E-state index is -0.243. The van der Waals surface area contributed by atoms with Crippen molar-refractivity contribution in [3.8, 4) is 17.1 Å². The summed E-state index contributed by atoms with van der Waals surface area (Å²) < 4.78 is 12.4. The molecule has 0 radical (unpaired) electrons. The number of rotatable bonds is 6. The summed E-state index contributed by atoms with van der Waals surface area (Å²) in [4.78, 5) is 25.3. The maximum Gasteiger partial charge on any atom is 0.245 e. The summed E-state index contributed by atoms with van der Waals surface area (Å²) in [6, 6.07) is 7.30. The molecule has 0 unspecified atom stereocenters. The van der Waals surface area contributed by atoms with Crippen molar-refractivity contribution in [2.75, 3.05) is 33.3 Å². The van der Waals surface area contributed by atoms with Crippen molar-refractivity contribution in [3.63, 3.8) is 0 Å². The minimum Gasteiger partial charge on any atom is -0.497 e. The third-order valence-corrected chi connectivity index (χ3v) is 5.19. The molecule has 0 saturated carbocycles. The Morgan fingerprint density at radius 3 is 2.62 bits per heavy atom. The van der Waals surface area contributed by atoms with Gasteiger partial charge in [-0.25, -0.2) is 4.98 Å². The molecule has 29 heavy (non-hydrogen) atoms. The second kappa shape index (κ2) is 8.44. The summed E-state index contributed by atoms with van der Waals surface area (Å²) in [5.74, 6) is 2.03. The number of hydrogen-bond acceptors (Lipinski definition) is 7. The van der Waals surface area contributed by atoms with Crippen LogP contribution in [0.2, 0.25) is 0 Å². The van der Waals surface area contributed by atoms with E-state index in [0.717, 1.165) is 24.4 Å². The second-order valence-electron chi connectivity index (χ2n) is 7.03. The van der Waals surface area contributed by atoms with Gasteiger partial charge < -0.3 is 18.7 Å². The number of ether oxygens (including phenoxy) is 1. The van der Waals surface area contributed by atoms with Crippen LogP contribution in [-0.4, -0.2) is 68.7 Å². The fourth-order valence-electron chi connectivity index (χ4n) is 3.38. The summed E-state index contributed by atoms with van der Waals surface area (Å²) >= 11 is 0. The lowest BCUT2D eigenvalue weighted by Gasteiger charge is -2.35. The van der Waals surface area contributed by atoms with Gasteiger partial charge in [-0.05, 0) is 31.2 Å². The number of carbonyl (C=O) groups excluding carboxylic acids is 1. The molecule has 4 rings (SSSR count). The average Bonchev–Trinajstić information content (AvgIpc) is 3.46. The van der Waals surface area contributed by atoms with Gasteiger partial charge in [0.25, 0.3) is 0 Å². The molecule has 0 spiro atoms. The van der Waals surface area contributed by atoms with Crippen LogP contribution in [0, 0.1) is 0 Å². The number of carbonyl (C=O) groups is 1. The lowest BCUT2D eigenvalue weighted by molar-refractivity contribution is -0.136. The number of hydrogen-bond donors (Lipinski definition) is 0.